The predicted molar refractivity (Wildman–Crippen MR) is 119 cm³/mol. The van der Waals surface area contributed by atoms with Crippen LogP contribution in [0.4, 0.5) is 0 Å². The summed E-state index contributed by atoms with van der Waals surface area (Å²) in [7, 11) is 0. The summed E-state index contributed by atoms with van der Waals surface area (Å²) >= 11 is 0. The Morgan fingerprint density at radius 3 is 1.50 bits per heavy atom. The monoisotopic (exact) mass is 392 g/mol. The van der Waals surface area contributed by atoms with E-state index >= 15 is 0 Å². The predicted octanol–water partition coefficient (Wildman–Crippen LogP) is 8.07. The molecule has 4 atom stereocenters. The first-order chi connectivity index (χ1) is 13.8. The SMILES string of the molecule is [CH2]CCCCCCCCCCCCCCCCCOC1CC2CCC1CC2[O]. The normalized spacial score (nSPS) is 26.8. The molecule has 4 unspecified atom stereocenters. The second kappa shape index (κ2) is 15.7. The molecule has 164 valence electrons. The van der Waals surface area contributed by atoms with Crippen LogP contribution < -0.4 is 0 Å². The number of hydrogen-bond donors (Lipinski definition) is 0. The van der Waals surface area contributed by atoms with Crippen molar-refractivity contribution in [1.29, 1.82) is 0 Å². The first kappa shape index (κ1) is 24.2. The topological polar surface area (TPSA) is 29.1 Å². The molecule has 3 aliphatic carbocycles. The molecule has 0 aromatic carbocycles. The van der Waals surface area contributed by atoms with E-state index in [2.05, 4.69) is 6.92 Å². The highest BCUT2D eigenvalue weighted by molar-refractivity contribution is 4.92. The molecule has 2 bridgehead atoms. The first-order valence-electron chi connectivity index (χ1n) is 12.9. The Morgan fingerprint density at radius 1 is 0.607 bits per heavy atom. The van der Waals surface area contributed by atoms with Gasteiger partial charge in [-0.05, 0) is 43.9 Å². The van der Waals surface area contributed by atoms with E-state index in [0.29, 0.717) is 17.9 Å². The Balaban J connectivity index is 1.26. The lowest BCUT2D eigenvalue weighted by Crippen LogP contribution is -2.44. The lowest BCUT2D eigenvalue weighted by Gasteiger charge is -2.44. The van der Waals surface area contributed by atoms with Crippen LogP contribution in [0.3, 0.4) is 0 Å². The van der Waals surface area contributed by atoms with Gasteiger partial charge >= 0.3 is 0 Å². The van der Waals surface area contributed by atoms with Gasteiger partial charge in [0, 0.05) is 6.61 Å². The Bertz CT molecular complexity index is 356. The van der Waals surface area contributed by atoms with Crippen LogP contribution in [0.2, 0.25) is 0 Å². The molecule has 0 aromatic rings. The van der Waals surface area contributed by atoms with Crippen molar-refractivity contribution < 1.29 is 9.84 Å². The molecule has 2 radical (unpaired) electrons. The largest absolute Gasteiger partial charge is 0.378 e. The molecule has 0 aliphatic heterocycles. The van der Waals surface area contributed by atoms with Crippen LogP contribution in [0.15, 0.2) is 0 Å². The standard InChI is InChI=1S/C26H48O2/c1-2-3-4-5-6-7-8-9-10-11-12-13-14-15-16-17-20-28-26-22-23-18-19-24(26)21-25(23)27/h23-26H,1-22H2. The van der Waals surface area contributed by atoms with Gasteiger partial charge in [-0.3, -0.25) is 0 Å². The third-order valence-electron chi connectivity index (χ3n) is 7.26. The zero-order chi connectivity index (χ0) is 19.9. The molecule has 0 aromatic heterocycles. The molecule has 0 heterocycles. The van der Waals surface area contributed by atoms with Crippen molar-refractivity contribution in [3.8, 4) is 0 Å². The van der Waals surface area contributed by atoms with E-state index in [0.717, 1.165) is 32.3 Å². The molecule has 0 amide bonds. The summed E-state index contributed by atoms with van der Waals surface area (Å²) in [6, 6.07) is 0. The second-order valence-electron chi connectivity index (χ2n) is 9.67. The highest BCUT2D eigenvalue weighted by Gasteiger charge is 2.42. The summed E-state index contributed by atoms with van der Waals surface area (Å²) in [4.78, 5) is 0. The van der Waals surface area contributed by atoms with Crippen LogP contribution in [0, 0.1) is 18.8 Å². The minimum Gasteiger partial charge on any atom is -0.378 e. The Morgan fingerprint density at radius 2 is 1.07 bits per heavy atom. The summed E-state index contributed by atoms with van der Waals surface area (Å²) in [5.74, 6) is 0.990. The van der Waals surface area contributed by atoms with Crippen molar-refractivity contribution in [2.24, 2.45) is 11.8 Å². The van der Waals surface area contributed by atoms with E-state index in [1.165, 1.54) is 103 Å². The molecule has 0 saturated heterocycles. The van der Waals surface area contributed by atoms with E-state index in [1.54, 1.807) is 0 Å². The van der Waals surface area contributed by atoms with Crippen molar-refractivity contribution in [2.75, 3.05) is 6.61 Å². The van der Waals surface area contributed by atoms with E-state index in [1.807, 2.05) is 0 Å². The third-order valence-corrected chi connectivity index (χ3v) is 7.26. The summed E-state index contributed by atoms with van der Waals surface area (Å²) < 4.78 is 6.14. The van der Waals surface area contributed by atoms with Gasteiger partial charge in [-0.25, -0.2) is 5.11 Å². The molecule has 3 saturated carbocycles. The highest BCUT2D eigenvalue weighted by atomic mass is 16.5. The van der Waals surface area contributed by atoms with Crippen LogP contribution in [-0.4, -0.2) is 18.8 Å². The van der Waals surface area contributed by atoms with Gasteiger partial charge in [-0.2, -0.15) is 0 Å². The van der Waals surface area contributed by atoms with Crippen molar-refractivity contribution in [2.45, 2.75) is 141 Å². The molecule has 0 spiro atoms. The van der Waals surface area contributed by atoms with Gasteiger partial charge in [-0.15, -0.1) is 0 Å². The molecule has 3 fully saturated rings. The fourth-order valence-corrected chi connectivity index (χ4v) is 5.34. The molecular weight excluding hydrogens is 344 g/mol. The van der Waals surface area contributed by atoms with Gasteiger partial charge in [-0.1, -0.05) is 103 Å². The molecular formula is C26H48O2. The Hall–Kier alpha value is -0.0800. The molecule has 28 heavy (non-hydrogen) atoms. The Labute approximate surface area is 176 Å². The lowest BCUT2D eigenvalue weighted by molar-refractivity contribution is -0.121. The smallest absolute Gasteiger partial charge is 0.0962 e. The summed E-state index contributed by atoms with van der Waals surface area (Å²) in [6.45, 7) is 4.83. The van der Waals surface area contributed by atoms with Crippen LogP contribution in [0.1, 0.15) is 128 Å². The van der Waals surface area contributed by atoms with Crippen LogP contribution >= 0.6 is 0 Å². The average Bonchev–Trinajstić information content (AvgIpc) is 2.71. The molecule has 0 N–H and O–H groups in total. The van der Waals surface area contributed by atoms with Gasteiger partial charge in [0.1, 0.15) is 0 Å². The van der Waals surface area contributed by atoms with E-state index in [4.69, 9.17) is 4.74 Å². The fraction of sp³-hybridized carbons (Fsp3) is 0.962. The number of rotatable bonds is 18. The zero-order valence-corrected chi connectivity index (χ0v) is 18.7. The van der Waals surface area contributed by atoms with E-state index in [-0.39, 0.29) is 6.10 Å². The van der Waals surface area contributed by atoms with Crippen LogP contribution in [0.25, 0.3) is 0 Å². The summed E-state index contributed by atoms with van der Waals surface area (Å²) in [5, 5.41) is 11.9. The van der Waals surface area contributed by atoms with Crippen molar-refractivity contribution in [3.63, 3.8) is 0 Å². The maximum Gasteiger partial charge on any atom is 0.0962 e. The molecule has 2 nitrogen and oxygen atoms in total. The van der Waals surface area contributed by atoms with Crippen molar-refractivity contribution in [3.05, 3.63) is 6.92 Å². The zero-order valence-electron chi connectivity index (χ0n) is 18.7. The van der Waals surface area contributed by atoms with Gasteiger partial charge < -0.3 is 4.74 Å². The maximum absolute atomic E-state index is 11.9. The number of ether oxygens (including phenoxy) is 1. The van der Waals surface area contributed by atoms with Crippen LogP contribution in [0.5, 0.6) is 0 Å². The fourth-order valence-electron chi connectivity index (χ4n) is 5.34. The number of hydrogen-bond acceptors (Lipinski definition) is 1. The number of unbranched alkanes of at least 4 members (excludes halogenated alkanes) is 15. The van der Waals surface area contributed by atoms with E-state index < -0.39 is 0 Å². The van der Waals surface area contributed by atoms with Gasteiger partial charge in [0.25, 0.3) is 0 Å². The molecule has 3 rings (SSSR count). The minimum absolute atomic E-state index is 0.285. The maximum atomic E-state index is 11.9. The molecule has 2 heteroatoms. The molecule has 3 aliphatic rings. The number of fused-ring (bicyclic) bond motifs is 3. The summed E-state index contributed by atoms with van der Waals surface area (Å²) in [6.07, 6.45) is 26.5. The van der Waals surface area contributed by atoms with E-state index in [9.17, 15) is 5.11 Å². The lowest BCUT2D eigenvalue weighted by atomic mass is 9.67. The minimum atomic E-state index is -0.285. The van der Waals surface area contributed by atoms with Crippen molar-refractivity contribution >= 4 is 0 Å². The average molecular weight is 393 g/mol. The van der Waals surface area contributed by atoms with Crippen molar-refractivity contribution in [1.82, 2.24) is 0 Å². The van der Waals surface area contributed by atoms with Gasteiger partial charge in [0.15, 0.2) is 0 Å². The van der Waals surface area contributed by atoms with Gasteiger partial charge in [0.05, 0.1) is 12.2 Å². The Kier molecular flexibility index (Phi) is 13.6. The van der Waals surface area contributed by atoms with Gasteiger partial charge in [0.2, 0.25) is 0 Å². The summed E-state index contributed by atoms with van der Waals surface area (Å²) in [5.41, 5.74) is 0. The van der Waals surface area contributed by atoms with Crippen LogP contribution in [-0.2, 0) is 9.84 Å². The first-order valence-corrected chi connectivity index (χ1v) is 12.9. The highest BCUT2D eigenvalue weighted by Crippen LogP contribution is 2.43. The quantitative estimate of drug-likeness (QED) is 0.217. The second-order valence-corrected chi connectivity index (χ2v) is 9.67. The third kappa shape index (κ3) is 10.1.